The van der Waals surface area contributed by atoms with Crippen LogP contribution in [0.1, 0.15) is 31.7 Å². The molecule has 0 aliphatic carbocycles. The van der Waals surface area contributed by atoms with Crippen molar-refractivity contribution in [3.05, 3.63) is 42.0 Å². The third kappa shape index (κ3) is 2.79. The zero-order valence-corrected chi connectivity index (χ0v) is 12.4. The molecule has 0 fully saturated rings. The smallest absolute Gasteiger partial charge is 0.126 e. The van der Waals surface area contributed by atoms with Gasteiger partial charge in [-0.1, -0.05) is 30.3 Å². The van der Waals surface area contributed by atoms with Gasteiger partial charge in [-0.15, -0.1) is 0 Å². The van der Waals surface area contributed by atoms with Crippen molar-refractivity contribution in [2.45, 2.75) is 31.7 Å². The topological polar surface area (TPSA) is 55.5 Å². The standard InChI is InChI=1S/C17H23NO2/c1-17(2,18)15(10-11-19)13-8-9-16(20-3)14-7-5-4-6-12(13)14/h4-9,15,19H,10-11,18H2,1-3H3. The van der Waals surface area contributed by atoms with Crippen LogP contribution in [-0.2, 0) is 0 Å². The highest BCUT2D eigenvalue weighted by atomic mass is 16.5. The summed E-state index contributed by atoms with van der Waals surface area (Å²) in [6, 6.07) is 12.2. The molecule has 2 aromatic carbocycles. The molecular formula is C17H23NO2. The SMILES string of the molecule is COc1ccc(C(CCO)C(C)(C)N)c2ccccc12. The molecule has 3 N–H and O–H groups in total. The fourth-order valence-corrected chi connectivity index (χ4v) is 2.83. The van der Waals surface area contributed by atoms with Crippen molar-refractivity contribution in [3.63, 3.8) is 0 Å². The van der Waals surface area contributed by atoms with Gasteiger partial charge in [0, 0.05) is 23.4 Å². The Morgan fingerprint density at radius 3 is 2.35 bits per heavy atom. The van der Waals surface area contributed by atoms with Gasteiger partial charge in [-0.3, -0.25) is 0 Å². The van der Waals surface area contributed by atoms with E-state index >= 15 is 0 Å². The van der Waals surface area contributed by atoms with Gasteiger partial charge in [0.2, 0.25) is 0 Å². The summed E-state index contributed by atoms with van der Waals surface area (Å²) >= 11 is 0. The fraction of sp³-hybridized carbons (Fsp3) is 0.412. The third-order valence-corrected chi connectivity index (χ3v) is 3.83. The molecule has 0 saturated carbocycles. The molecule has 3 heteroatoms. The maximum Gasteiger partial charge on any atom is 0.126 e. The van der Waals surface area contributed by atoms with Gasteiger partial charge in [0.15, 0.2) is 0 Å². The number of nitrogens with two attached hydrogens (primary N) is 1. The molecule has 0 amide bonds. The molecule has 0 radical (unpaired) electrons. The maximum atomic E-state index is 9.35. The van der Waals surface area contributed by atoms with Crippen LogP contribution in [0, 0.1) is 0 Å². The zero-order chi connectivity index (χ0) is 14.8. The lowest BCUT2D eigenvalue weighted by Crippen LogP contribution is -2.39. The molecule has 1 unspecified atom stereocenters. The van der Waals surface area contributed by atoms with E-state index < -0.39 is 0 Å². The van der Waals surface area contributed by atoms with Gasteiger partial charge in [-0.2, -0.15) is 0 Å². The monoisotopic (exact) mass is 273 g/mol. The molecule has 0 aromatic heterocycles. The van der Waals surface area contributed by atoms with Crippen LogP contribution in [0.5, 0.6) is 5.75 Å². The van der Waals surface area contributed by atoms with Crippen LogP contribution in [0.15, 0.2) is 36.4 Å². The van der Waals surface area contributed by atoms with Crippen LogP contribution in [0.4, 0.5) is 0 Å². The number of aliphatic hydroxyl groups excluding tert-OH is 1. The number of hydrogen-bond donors (Lipinski definition) is 2. The van der Waals surface area contributed by atoms with Crippen molar-refractivity contribution in [1.82, 2.24) is 0 Å². The van der Waals surface area contributed by atoms with Gasteiger partial charge >= 0.3 is 0 Å². The van der Waals surface area contributed by atoms with Gasteiger partial charge in [0.25, 0.3) is 0 Å². The Hall–Kier alpha value is -1.58. The average Bonchev–Trinajstić information content (AvgIpc) is 2.43. The molecule has 3 nitrogen and oxygen atoms in total. The van der Waals surface area contributed by atoms with Crippen molar-refractivity contribution in [2.75, 3.05) is 13.7 Å². The summed E-state index contributed by atoms with van der Waals surface area (Å²) in [4.78, 5) is 0. The molecule has 0 heterocycles. The molecule has 2 aromatic rings. The number of benzene rings is 2. The third-order valence-electron chi connectivity index (χ3n) is 3.83. The lowest BCUT2D eigenvalue weighted by atomic mass is 9.78. The van der Waals surface area contributed by atoms with Crippen molar-refractivity contribution in [2.24, 2.45) is 5.73 Å². The van der Waals surface area contributed by atoms with Crippen molar-refractivity contribution >= 4 is 10.8 Å². The van der Waals surface area contributed by atoms with E-state index in [0.29, 0.717) is 6.42 Å². The lowest BCUT2D eigenvalue weighted by Gasteiger charge is -2.31. The van der Waals surface area contributed by atoms with Crippen LogP contribution in [0.3, 0.4) is 0 Å². The Bertz CT molecular complexity index is 587. The van der Waals surface area contributed by atoms with E-state index in [1.807, 2.05) is 32.0 Å². The summed E-state index contributed by atoms with van der Waals surface area (Å²) in [7, 11) is 1.68. The molecule has 108 valence electrons. The first-order valence-electron chi connectivity index (χ1n) is 6.94. The van der Waals surface area contributed by atoms with Crippen LogP contribution in [0.2, 0.25) is 0 Å². The highest BCUT2D eigenvalue weighted by Crippen LogP contribution is 2.37. The predicted octanol–water partition coefficient (Wildman–Crippen LogP) is 3.05. The van der Waals surface area contributed by atoms with E-state index in [1.54, 1.807) is 7.11 Å². The van der Waals surface area contributed by atoms with E-state index in [4.69, 9.17) is 10.5 Å². The summed E-state index contributed by atoms with van der Waals surface area (Å²) in [6.45, 7) is 4.14. The first-order valence-corrected chi connectivity index (χ1v) is 6.94. The molecule has 0 saturated heterocycles. The van der Waals surface area contributed by atoms with Crippen LogP contribution < -0.4 is 10.5 Å². The quantitative estimate of drug-likeness (QED) is 0.880. The van der Waals surface area contributed by atoms with Crippen LogP contribution in [0.25, 0.3) is 10.8 Å². The van der Waals surface area contributed by atoms with Gasteiger partial charge in [-0.05, 0) is 37.3 Å². The van der Waals surface area contributed by atoms with E-state index in [-0.39, 0.29) is 18.1 Å². The molecule has 0 spiro atoms. The Kier molecular flexibility index (Phi) is 4.31. The van der Waals surface area contributed by atoms with Gasteiger partial charge in [0.05, 0.1) is 7.11 Å². The number of aliphatic hydroxyl groups is 1. The second kappa shape index (κ2) is 5.81. The van der Waals surface area contributed by atoms with Crippen LogP contribution >= 0.6 is 0 Å². The summed E-state index contributed by atoms with van der Waals surface area (Å²) in [5.41, 5.74) is 7.10. The van der Waals surface area contributed by atoms with Crippen molar-refractivity contribution < 1.29 is 9.84 Å². The lowest BCUT2D eigenvalue weighted by molar-refractivity contribution is 0.251. The summed E-state index contributed by atoms with van der Waals surface area (Å²) in [5, 5.41) is 11.6. The first kappa shape index (κ1) is 14.8. The Labute approximate surface area is 120 Å². The molecular weight excluding hydrogens is 250 g/mol. The summed E-state index contributed by atoms with van der Waals surface area (Å²) in [5.74, 6) is 0.963. The molecule has 20 heavy (non-hydrogen) atoms. The minimum absolute atomic E-state index is 0.100. The Morgan fingerprint density at radius 1 is 1.15 bits per heavy atom. The molecule has 0 bridgehead atoms. The minimum atomic E-state index is -0.389. The molecule has 2 rings (SSSR count). The minimum Gasteiger partial charge on any atom is -0.496 e. The van der Waals surface area contributed by atoms with E-state index in [2.05, 4.69) is 18.2 Å². The molecule has 1 atom stereocenters. The summed E-state index contributed by atoms with van der Waals surface area (Å²) < 4.78 is 5.43. The maximum absolute atomic E-state index is 9.35. The van der Waals surface area contributed by atoms with Crippen molar-refractivity contribution in [3.8, 4) is 5.75 Å². The Balaban J connectivity index is 2.64. The average molecular weight is 273 g/mol. The highest BCUT2D eigenvalue weighted by Gasteiger charge is 2.28. The zero-order valence-electron chi connectivity index (χ0n) is 12.4. The number of methoxy groups -OCH3 is 1. The second-order valence-corrected chi connectivity index (χ2v) is 5.79. The first-order chi connectivity index (χ1) is 9.49. The largest absolute Gasteiger partial charge is 0.496 e. The van der Waals surface area contributed by atoms with Gasteiger partial charge in [-0.25, -0.2) is 0 Å². The molecule has 0 aliphatic heterocycles. The highest BCUT2D eigenvalue weighted by molar-refractivity contribution is 5.91. The molecule has 0 aliphatic rings. The normalized spacial score (nSPS) is 13.4. The number of hydrogen-bond acceptors (Lipinski definition) is 3. The number of ether oxygens (including phenoxy) is 1. The van der Waals surface area contributed by atoms with E-state index in [1.165, 1.54) is 5.56 Å². The van der Waals surface area contributed by atoms with Gasteiger partial charge in [0.1, 0.15) is 5.75 Å². The fourth-order valence-electron chi connectivity index (χ4n) is 2.83. The Morgan fingerprint density at radius 2 is 1.80 bits per heavy atom. The second-order valence-electron chi connectivity index (χ2n) is 5.79. The number of rotatable bonds is 5. The van der Waals surface area contributed by atoms with Crippen molar-refractivity contribution in [1.29, 1.82) is 0 Å². The predicted molar refractivity (Wildman–Crippen MR) is 83.2 cm³/mol. The number of fused-ring (bicyclic) bond motifs is 1. The van der Waals surface area contributed by atoms with E-state index in [0.717, 1.165) is 16.5 Å². The van der Waals surface area contributed by atoms with Gasteiger partial charge < -0.3 is 15.6 Å². The van der Waals surface area contributed by atoms with Crippen LogP contribution in [-0.4, -0.2) is 24.4 Å². The van der Waals surface area contributed by atoms with E-state index in [9.17, 15) is 5.11 Å². The summed E-state index contributed by atoms with van der Waals surface area (Å²) in [6.07, 6.45) is 0.653.